The predicted molar refractivity (Wildman–Crippen MR) is 124 cm³/mol. The molecule has 4 rings (SSSR count). The Labute approximate surface area is 182 Å². The van der Waals surface area contributed by atoms with E-state index < -0.39 is 5.63 Å². The largest absolute Gasteiger partial charge is 0.507 e. The summed E-state index contributed by atoms with van der Waals surface area (Å²) >= 11 is 0. The Morgan fingerprint density at radius 3 is 2.52 bits per heavy atom. The summed E-state index contributed by atoms with van der Waals surface area (Å²) in [4.78, 5) is 15.6. The van der Waals surface area contributed by atoms with Crippen molar-refractivity contribution in [3.8, 4) is 5.75 Å². The van der Waals surface area contributed by atoms with Gasteiger partial charge in [0.05, 0.1) is 10.9 Å². The number of hydrogen-bond donors (Lipinski definition) is 2. The molecule has 0 saturated carbocycles. The predicted octanol–water partition coefficient (Wildman–Crippen LogP) is 3.94. The fraction of sp³-hybridized carbons (Fsp3) is 0.360. The number of nitrogens with one attached hydrogen (secondary N) is 1. The molecular weight excluding hydrogens is 390 g/mol. The van der Waals surface area contributed by atoms with E-state index in [0.29, 0.717) is 16.5 Å². The standard InChI is InChI=1S/C25H29N3O3/c1-17(27-26-2)20(16-28-14-8-9-15-28)22(18-10-4-3-5-11-18)23-24(29)19-12-6-7-13-21(19)31-25(23)30/h3-7,10-13,20,22,26,29H,8-9,14-16H2,1-2H3/b27-17-/t20-,22+/m0/s1. The third kappa shape index (κ3) is 4.35. The molecule has 1 fully saturated rings. The van der Waals surface area contributed by atoms with E-state index in [1.807, 2.05) is 43.3 Å². The summed E-state index contributed by atoms with van der Waals surface area (Å²) in [6, 6.07) is 17.0. The molecular formula is C25H29N3O3. The van der Waals surface area contributed by atoms with Crippen molar-refractivity contribution in [1.82, 2.24) is 10.3 Å². The van der Waals surface area contributed by atoms with Crippen LogP contribution in [0.5, 0.6) is 5.75 Å². The number of nitrogens with zero attached hydrogens (tertiary/aromatic N) is 2. The average Bonchev–Trinajstić information content (AvgIpc) is 3.29. The van der Waals surface area contributed by atoms with Gasteiger partial charge in [0.2, 0.25) is 0 Å². The molecule has 0 unspecified atom stereocenters. The van der Waals surface area contributed by atoms with Gasteiger partial charge >= 0.3 is 5.63 Å². The second-order valence-corrected chi connectivity index (χ2v) is 8.13. The lowest BCUT2D eigenvalue weighted by atomic mass is 9.78. The third-order valence-electron chi connectivity index (χ3n) is 6.17. The molecule has 1 saturated heterocycles. The fourth-order valence-electron chi connectivity index (χ4n) is 4.66. The van der Waals surface area contributed by atoms with Gasteiger partial charge < -0.3 is 19.8 Å². The van der Waals surface area contributed by atoms with Crippen molar-refractivity contribution >= 4 is 16.7 Å². The minimum atomic E-state index is -0.506. The van der Waals surface area contributed by atoms with E-state index in [-0.39, 0.29) is 17.6 Å². The first-order valence-electron chi connectivity index (χ1n) is 10.8. The molecule has 2 heterocycles. The zero-order chi connectivity index (χ0) is 21.8. The Balaban J connectivity index is 1.92. The molecule has 6 heteroatoms. The number of para-hydroxylation sites is 1. The summed E-state index contributed by atoms with van der Waals surface area (Å²) in [5.41, 5.74) is 4.91. The molecule has 0 spiro atoms. The maximum Gasteiger partial charge on any atom is 0.343 e. The number of fused-ring (bicyclic) bond motifs is 1. The van der Waals surface area contributed by atoms with Crippen molar-refractivity contribution < 1.29 is 9.52 Å². The van der Waals surface area contributed by atoms with Gasteiger partial charge in [-0.25, -0.2) is 4.79 Å². The maximum atomic E-state index is 13.2. The lowest BCUT2D eigenvalue weighted by molar-refractivity contribution is 0.296. The highest BCUT2D eigenvalue weighted by Crippen LogP contribution is 2.39. The van der Waals surface area contributed by atoms with Crippen molar-refractivity contribution in [2.45, 2.75) is 25.7 Å². The molecule has 162 valence electrons. The Bertz CT molecular complexity index is 1120. The van der Waals surface area contributed by atoms with Crippen LogP contribution in [0, 0.1) is 5.92 Å². The summed E-state index contributed by atoms with van der Waals surface area (Å²) in [7, 11) is 1.77. The second-order valence-electron chi connectivity index (χ2n) is 8.13. The first-order chi connectivity index (χ1) is 15.1. The van der Waals surface area contributed by atoms with Crippen molar-refractivity contribution in [1.29, 1.82) is 0 Å². The van der Waals surface area contributed by atoms with Crippen molar-refractivity contribution in [3.63, 3.8) is 0 Å². The van der Waals surface area contributed by atoms with Crippen LogP contribution in [0.2, 0.25) is 0 Å². The van der Waals surface area contributed by atoms with Crippen molar-refractivity contribution in [3.05, 3.63) is 76.1 Å². The van der Waals surface area contributed by atoms with E-state index in [0.717, 1.165) is 30.9 Å². The Morgan fingerprint density at radius 2 is 1.81 bits per heavy atom. The fourth-order valence-corrected chi connectivity index (χ4v) is 4.66. The van der Waals surface area contributed by atoms with Gasteiger partial charge in [0.25, 0.3) is 0 Å². The van der Waals surface area contributed by atoms with Gasteiger partial charge in [0, 0.05) is 31.1 Å². The molecule has 0 amide bonds. The molecule has 0 bridgehead atoms. The van der Waals surface area contributed by atoms with E-state index >= 15 is 0 Å². The monoisotopic (exact) mass is 419 g/mol. The summed E-state index contributed by atoms with van der Waals surface area (Å²) in [6.45, 7) is 4.79. The number of hydrazone groups is 1. The molecule has 2 N–H and O–H groups in total. The Hall–Kier alpha value is -3.12. The SMILES string of the molecule is CN/N=C(/C)[C@H](CN1CCCC1)[C@@H](c1ccccc1)c1c(O)c2ccccc2oc1=O. The van der Waals surface area contributed by atoms with E-state index in [4.69, 9.17) is 4.42 Å². The zero-order valence-corrected chi connectivity index (χ0v) is 18.0. The average molecular weight is 420 g/mol. The van der Waals surface area contributed by atoms with Crippen LogP contribution in [-0.4, -0.2) is 42.4 Å². The molecule has 0 radical (unpaired) electrons. The van der Waals surface area contributed by atoms with Crippen LogP contribution >= 0.6 is 0 Å². The Kier molecular flexibility index (Phi) is 6.37. The van der Waals surface area contributed by atoms with Gasteiger partial charge in [0.15, 0.2) is 0 Å². The smallest absolute Gasteiger partial charge is 0.343 e. The van der Waals surface area contributed by atoms with E-state index in [9.17, 15) is 9.90 Å². The van der Waals surface area contributed by atoms with Gasteiger partial charge in [-0.2, -0.15) is 5.10 Å². The molecule has 0 aliphatic carbocycles. The first-order valence-corrected chi connectivity index (χ1v) is 10.8. The maximum absolute atomic E-state index is 13.2. The van der Waals surface area contributed by atoms with Crippen LogP contribution in [-0.2, 0) is 0 Å². The normalized spacial score (nSPS) is 17.0. The minimum Gasteiger partial charge on any atom is -0.507 e. The highest BCUT2D eigenvalue weighted by molar-refractivity contribution is 5.88. The lowest BCUT2D eigenvalue weighted by Crippen LogP contribution is -2.36. The number of hydrogen-bond acceptors (Lipinski definition) is 6. The number of benzene rings is 2. The van der Waals surface area contributed by atoms with Crippen LogP contribution in [0.1, 0.15) is 36.8 Å². The highest BCUT2D eigenvalue weighted by atomic mass is 16.4. The molecule has 1 aromatic heterocycles. The van der Waals surface area contributed by atoms with Crippen molar-refractivity contribution in [2.24, 2.45) is 11.0 Å². The van der Waals surface area contributed by atoms with Gasteiger partial charge in [-0.3, -0.25) is 0 Å². The topological polar surface area (TPSA) is 78.1 Å². The summed E-state index contributed by atoms with van der Waals surface area (Å²) in [5, 5.41) is 16.3. The van der Waals surface area contributed by atoms with Crippen molar-refractivity contribution in [2.75, 3.05) is 26.7 Å². The number of aromatic hydroxyl groups is 1. The zero-order valence-electron chi connectivity index (χ0n) is 18.0. The quantitative estimate of drug-likeness (QED) is 0.345. The van der Waals surface area contributed by atoms with Crippen LogP contribution in [0.15, 0.2) is 68.9 Å². The van der Waals surface area contributed by atoms with E-state index in [2.05, 4.69) is 15.4 Å². The first kappa shape index (κ1) is 21.1. The summed E-state index contributed by atoms with van der Waals surface area (Å²) in [5.74, 6) is -0.507. The van der Waals surface area contributed by atoms with Gasteiger partial charge in [-0.05, 0) is 50.6 Å². The van der Waals surface area contributed by atoms with E-state index in [1.165, 1.54) is 12.8 Å². The van der Waals surface area contributed by atoms with Gasteiger partial charge in [-0.1, -0.05) is 42.5 Å². The third-order valence-corrected chi connectivity index (χ3v) is 6.17. The van der Waals surface area contributed by atoms with Crippen LogP contribution in [0.3, 0.4) is 0 Å². The number of likely N-dealkylation sites (tertiary alicyclic amines) is 1. The molecule has 1 aliphatic heterocycles. The lowest BCUT2D eigenvalue weighted by Gasteiger charge is -2.31. The molecule has 6 nitrogen and oxygen atoms in total. The number of rotatable bonds is 7. The van der Waals surface area contributed by atoms with Crippen LogP contribution < -0.4 is 11.1 Å². The summed E-state index contributed by atoms with van der Waals surface area (Å²) in [6.07, 6.45) is 2.35. The van der Waals surface area contributed by atoms with Gasteiger partial charge in [-0.15, -0.1) is 0 Å². The molecule has 3 aromatic rings. The molecule has 2 aromatic carbocycles. The van der Waals surface area contributed by atoms with Gasteiger partial charge in [0.1, 0.15) is 11.3 Å². The molecule has 31 heavy (non-hydrogen) atoms. The highest BCUT2D eigenvalue weighted by Gasteiger charge is 2.35. The van der Waals surface area contributed by atoms with Crippen LogP contribution in [0.25, 0.3) is 11.0 Å². The minimum absolute atomic E-state index is 0.00983. The molecule has 2 atom stereocenters. The van der Waals surface area contributed by atoms with Crippen LogP contribution in [0.4, 0.5) is 0 Å². The second kappa shape index (κ2) is 9.35. The summed E-state index contributed by atoms with van der Waals surface area (Å²) < 4.78 is 5.65. The Morgan fingerprint density at radius 1 is 1.13 bits per heavy atom. The van der Waals surface area contributed by atoms with E-state index in [1.54, 1.807) is 25.2 Å². The molecule has 1 aliphatic rings.